The number of benzene rings is 1. The summed E-state index contributed by atoms with van der Waals surface area (Å²) in [5.41, 5.74) is 1.01. The second kappa shape index (κ2) is 7.05. The van der Waals surface area contributed by atoms with Gasteiger partial charge in [-0.25, -0.2) is 0 Å². The molecule has 110 valence electrons. The van der Waals surface area contributed by atoms with Gasteiger partial charge in [-0.1, -0.05) is 20.8 Å². The molecule has 1 aromatic carbocycles. The highest BCUT2D eigenvalue weighted by Crippen LogP contribution is 2.19. The van der Waals surface area contributed by atoms with Crippen molar-refractivity contribution >= 4 is 23.2 Å². The molecular weight excluding hydrogens is 254 g/mol. The molecule has 0 aromatic heterocycles. The number of amides is 2. The van der Waals surface area contributed by atoms with Crippen molar-refractivity contribution in [3.05, 3.63) is 24.3 Å². The Balaban J connectivity index is 2.56. The quantitative estimate of drug-likeness (QED) is 0.773. The average molecular weight is 277 g/mol. The highest BCUT2D eigenvalue weighted by atomic mass is 16.2. The van der Waals surface area contributed by atoms with Crippen molar-refractivity contribution in [2.45, 2.75) is 27.2 Å². The van der Waals surface area contributed by atoms with Crippen molar-refractivity contribution in [2.75, 3.05) is 24.2 Å². The molecule has 1 aromatic rings. The summed E-state index contributed by atoms with van der Waals surface area (Å²) in [5, 5.41) is 8.55. The molecule has 0 unspecified atom stereocenters. The minimum absolute atomic E-state index is 0.0363. The van der Waals surface area contributed by atoms with Crippen molar-refractivity contribution in [3.63, 3.8) is 0 Å². The Morgan fingerprint density at radius 3 is 1.95 bits per heavy atom. The van der Waals surface area contributed by atoms with Gasteiger partial charge in [-0.05, 0) is 31.3 Å². The van der Waals surface area contributed by atoms with Gasteiger partial charge in [-0.3, -0.25) is 9.59 Å². The lowest BCUT2D eigenvalue weighted by molar-refractivity contribution is -0.123. The van der Waals surface area contributed by atoms with Crippen LogP contribution in [0.5, 0.6) is 0 Å². The molecule has 5 nitrogen and oxygen atoms in total. The van der Waals surface area contributed by atoms with E-state index in [0.29, 0.717) is 13.0 Å². The molecule has 20 heavy (non-hydrogen) atoms. The highest BCUT2D eigenvalue weighted by Gasteiger charge is 2.20. The molecule has 5 heteroatoms. The van der Waals surface area contributed by atoms with E-state index < -0.39 is 5.41 Å². The van der Waals surface area contributed by atoms with E-state index in [1.165, 1.54) is 0 Å². The fourth-order valence-electron chi connectivity index (χ4n) is 1.42. The summed E-state index contributed by atoms with van der Waals surface area (Å²) in [7, 11) is 1.81. The van der Waals surface area contributed by atoms with E-state index in [-0.39, 0.29) is 11.8 Å². The van der Waals surface area contributed by atoms with Crippen LogP contribution in [-0.4, -0.2) is 25.4 Å². The fraction of sp³-hybridized carbons (Fsp3) is 0.467. The predicted molar refractivity (Wildman–Crippen MR) is 81.7 cm³/mol. The van der Waals surface area contributed by atoms with Crippen LogP contribution in [0.3, 0.4) is 0 Å². The SMILES string of the molecule is CNCCC(=O)Nc1ccc(NC(=O)C(C)(C)C)cc1. The highest BCUT2D eigenvalue weighted by molar-refractivity contribution is 5.95. The zero-order chi connectivity index (χ0) is 15.2. The number of hydrogen-bond acceptors (Lipinski definition) is 3. The molecule has 0 aliphatic heterocycles. The summed E-state index contributed by atoms with van der Waals surface area (Å²) < 4.78 is 0. The van der Waals surface area contributed by atoms with Crippen LogP contribution in [0, 0.1) is 5.41 Å². The molecule has 0 heterocycles. The van der Waals surface area contributed by atoms with Crippen LogP contribution in [-0.2, 0) is 9.59 Å². The molecule has 1 rings (SSSR count). The summed E-state index contributed by atoms with van der Waals surface area (Å²) >= 11 is 0. The van der Waals surface area contributed by atoms with Crippen molar-refractivity contribution < 1.29 is 9.59 Å². The summed E-state index contributed by atoms with van der Waals surface area (Å²) in [4.78, 5) is 23.4. The Labute approximate surface area is 120 Å². The number of nitrogens with one attached hydrogen (secondary N) is 3. The Morgan fingerprint density at radius 1 is 1.00 bits per heavy atom. The van der Waals surface area contributed by atoms with E-state index in [2.05, 4.69) is 16.0 Å². The van der Waals surface area contributed by atoms with Crippen molar-refractivity contribution in [1.29, 1.82) is 0 Å². The van der Waals surface area contributed by atoms with Gasteiger partial charge in [0.2, 0.25) is 11.8 Å². The molecule has 0 fully saturated rings. The number of carbonyl (C=O) groups excluding carboxylic acids is 2. The zero-order valence-corrected chi connectivity index (χ0v) is 12.5. The van der Waals surface area contributed by atoms with Crippen LogP contribution in [0.1, 0.15) is 27.2 Å². The summed E-state index contributed by atoms with van der Waals surface area (Å²) in [6, 6.07) is 7.10. The monoisotopic (exact) mass is 277 g/mol. The summed E-state index contributed by atoms with van der Waals surface area (Å²) in [5.74, 6) is -0.0749. The van der Waals surface area contributed by atoms with Crippen LogP contribution in [0.25, 0.3) is 0 Å². The van der Waals surface area contributed by atoms with E-state index in [1.54, 1.807) is 31.3 Å². The number of hydrogen-bond donors (Lipinski definition) is 3. The second-order valence-electron chi connectivity index (χ2n) is 5.68. The molecule has 0 saturated heterocycles. The van der Waals surface area contributed by atoms with Crippen LogP contribution >= 0.6 is 0 Å². The van der Waals surface area contributed by atoms with Gasteiger partial charge >= 0.3 is 0 Å². The van der Waals surface area contributed by atoms with Gasteiger partial charge in [0.05, 0.1) is 0 Å². The maximum atomic E-state index is 11.8. The molecule has 0 saturated carbocycles. The van der Waals surface area contributed by atoms with Crippen LogP contribution in [0.15, 0.2) is 24.3 Å². The molecule has 0 radical (unpaired) electrons. The van der Waals surface area contributed by atoms with E-state index in [4.69, 9.17) is 0 Å². The topological polar surface area (TPSA) is 70.2 Å². The van der Waals surface area contributed by atoms with Crippen molar-refractivity contribution in [3.8, 4) is 0 Å². The molecule has 0 aliphatic rings. The normalized spacial score (nSPS) is 11.0. The molecule has 3 N–H and O–H groups in total. The summed E-state index contributed by atoms with van der Waals surface area (Å²) in [6.45, 7) is 6.22. The molecule has 0 bridgehead atoms. The van der Waals surface area contributed by atoms with E-state index >= 15 is 0 Å². The first-order valence-electron chi connectivity index (χ1n) is 6.69. The molecule has 0 aliphatic carbocycles. The third-order valence-corrected chi connectivity index (χ3v) is 2.71. The first-order valence-corrected chi connectivity index (χ1v) is 6.69. The minimum Gasteiger partial charge on any atom is -0.326 e. The molecular formula is C15H23N3O2. The van der Waals surface area contributed by atoms with Crippen molar-refractivity contribution in [2.24, 2.45) is 5.41 Å². The molecule has 0 atom stereocenters. The molecule has 2 amide bonds. The van der Waals surface area contributed by atoms with E-state index in [0.717, 1.165) is 11.4 Å². The number of anilines is 2. The second-order valence-corrected chi connectivity index (χ2v) is 5.68. The smallest absolute Gasteiger partial charge is 0.229 e. The fourth-order valence-corrected chi connectivity index (χ4v) is 1.42. The van der Waals surface area contributed by atoms with Crippen LogP contribution in [0.4, 0.5) is 11.4 Å². The van der Waals surface area contributed by atoms with E-state index in [9.17, 15) is 9.59 Å². The lowest BCUT2D eigenvalue weighted by Crippen LogP contribution is -2.27. The Kier molecular flexibility index (Phi) is 5.70. The van der Waals surface area contributed by atoms with Gasteiger partial charge in [-0.2, -0.15) is 0 Å². The molecule has 0 spiro atoms. The van der Waals surface area contributed by atoms with Gasteiger partial charge < -0.3 is 16.0 Å². The van der Waals surface area contributed by atoms with E-state index in [1.807, 2.05) is 20.8 Å². The lowest BCUT2D eigenvalue weighted by Gasteiger charge is -2.17. The Hall–Kier alpha value is -1.88. The first kappa shape index (κ1) is 16.2. The zero-order valence-electron chi connectivity index (χ0n) is 12.5. The summed E-state index contributed by atoms with van der Waals surface area (Å²) in [6.07, 6.45) is 0.430. The maximum absolute atomic E-state index is 11.8. The third-order valence-electron chi connectivity index (χ3n) is 2.71. The van der Waals surface area contributed by atoms with Crippen LogP contribution < -0.4 is 16.0 Å². The van der Waals surface area contributed by atoms with Crippen molar-refractivity contribution in [1.82, 2.24) is 5.32 Å². The minimum atomic E-state index is -0.431. The number of rotatable bonds is 5. The average Bonchev–Trinajstić information content (AvgIpc) is 2.37. The maximum Gasteiger partial charge on any atom is 0.229 e. The predicted octanol–water partition coefficient (Wildman–Crippen LogP) is 2.22. The standard InChI is InChI=1S/C15H23N3O2/c1-15(2,3)14(20)18-12-7-5-11(6-8-12)17-13(19)9-10-16-4/h5-8,16H,9-10H2,1-4H3,(H,17,19)(H,18,20). The first-order chi connectivity index (χ1) is 9.32. The van der Waals surface area contributed by atoms with Gasteiger partial charge in [0.15, 0.2) is 0 Å². The van der Waals surface area contributed by atoms with Gasteiger partial charge in [-0.15, -0.1) is 0 Å². The Bertz CT molecular complexity index is 461. The Morgan fingerprint density at radius 2 is 1.50 bits per heavy atom. The number of carbonyl (C=O) groups is 2. The van der Waals surface area contributed by atoms with Gasteiger partial charge in [0.25, 0.3) is 0 Å². The third kappa shape index (κ3) is 5.40. The van der Waals surface area contributed by atoms with Gasteiger partial charge in [0.1, 0.15) is 0 Å². The largest absolute Gasteiger partial charge is 0.326 e. The van der Waals surface area contributed by atoms with Gasteiger partial charge in [0, 0.05) is 29.8 Å². The lowest BCUT2D eigenvalue weighted by atomic mass is 9.95. The van der Waals surface area contributed by atoms with Crippen LogP contribution in [0.2, 0.25) is 0 Å².